The van der Waals surface area contributed by atoms with Gasteiger partial charge in [0.15, 0.2) is 0 Å². The quantitative estimate of drug-likeness (QED) is 0.678. The van der Waals surface area contributed by atoms with Gasteiger partial charge in [-0.1, -0.05) is 0 Å². The molecule has 0 heterocycles. The third kappa shape index (κ3) is 2.23. The monoisotopic (exact) mass is 217 g/mol. The van der Waals surface area contributed by atoms with E-state index in [-0.39, 0.29) is 5.82 Å². The van der Waals surface area contributed by atoms with Crippen LogP contribution in [0.5, 0.6) is 0 Å². The highest BCUT2D eigenvalue weighted by Gasteiger charge is 2.02. The Morgan fingerprint density at radius 1 is 0.875 bits per heavy atom. The zero-order valence-corrected chi connectivity index (χ0v) is 8.57. The first-order chi connectivity index (χ1) is 7.65. The summed E-state index contributed by atoms with van der Waals surface area (Å²) in [6.07, 6.45) is 0. The fraction of sp³-hybridized carbons (Fsp3) is 0. The molecule has 0 fully saturated rings. The predicted molar refractivity (Wildman–Crippen MR) is 64.9 cm³/mol. The Balaban J connectivity index is 2.23. The summed E-state index contributed by atoms with van der Waals surface area (Å²) in [4.78, 5) is 0. The first-order valence-corrected chi connectivity index (χ1v) is 4.83. The molecule has 0 spiro atoms. The maximum absolute atomic E-state index is 13.4. The summed E-state index contributed by atoms with van der Waals surface area (Å²) in [6.45, 7) is 0. The van der Waals surface area contributed by atoms with E-state index in [9.17, 15) is 4.39 Å². The van der Waals surface area contributed by atoms with Crippen molar-refractivity contribution in [1.82, 2.24) is 0 Å². The largest absolute Gasteiger partial charge is 0.399 e. The number of benzene rings is 2. The molecule has 0 bridgehead atoms. The molecule has 0 saturated carbocycles. The van der Waals surface area contributed by atoms with Crippen LogP contribution in [-0.2, 0) is 0 Å². The van der Waals surface area contributed by atoms with Crippen LogP contribution in [0.4, 0.5) is 27.1 Å². The highest BCUT2D eigenvalue weighted by atomic mass is 19.1. The number of rotatable bonds is 2. The predicted octanol–water partition coefficient (Wildman–Crippen LogP) is 2.73. The zero-order chi connectivity index (χ0) is 11.5. The lowest BCUT2D eigenvalue weighted by Gasteiger charge is -2.08. The number of anilines is 4. The van der Waals surface area contributed by atoms with Gasteiger partial charge in [0, 0.05) is 17.1 Å². The van der Waals surface area contributed by atoms with Gasteiger partial charge < -0.3 is 16.8 Å². The van der Waals surface area contributed by atoms with Crippen LogP contribution in [0.15, 0.2) is 42.5 Å². The van der Waals surface area contributed by atoms with E-state index in [1.165, 1.54) is 6.07 Å². The Morgan fingerprint density at radius 2 is 1.50 bits per heavy atom. The van der Waals surface area contributed by atoms with Gasteiger partial charge >= 0.3 is 0 Å². The highest BCUT2D eigenvalue weighted by Crippen LogP contribution is 2.22. The first-order valence-electron chi connectivity index (χ1n) is 4.83. The van der Waals surface area contributed by atoms with Gasteiger partial charge in [0.2, 0.25) is 0 Å². The molecule has 4 heteroatoms. The van der Waals surface area contributed by atoms with Gasteiger partial charge in [-0.05, 0) is 42.5 Å². The molecule has 2 aromatic carbocycles. The van der Waals surface area contributed by atoms with Gasteiger partial charge in [-0.15, -0.1) is 0 Å². The SMILES string of the molecule is Nc1ccc(Nc2ccc(N)cc2F)cc1. The van der Waals surface area contributed by atoms with E-state index in [1.54, 1.807) is 36.4 Å². The fourth-order valence-electron chi connectivity index (χ4n) is 1.35. The number of nitrogens with one attached hydrogen (secondary N) is 1. The van der Waals surface area contributed by atoms with Crippen LogP contribution in [0, 0.1) is 5.82 Å². The van der Waals surface area contributed by atoms with Crippen molar-refractivity contribution < 1.29 is 4.39 Å². The molecule has 2 aromatic rings. The van der Waals surface area contributed by atoms with Crippen molar-refractivity contribution in [3.63, 3.8) is 0 Å². The van der Waals surface area contributed by atoms with Gasteiger partial charge in [0.25, 0.3) is 0 Å². The van der Waals surface area contributed by atoms with Crippen molar-refractivity contribution in [3.8, 4) is 0 Å². The van der Waals surface area contributed by atoms with Crippen molar-refractivity contribution in [3.05, 3.63) is 48.3 Å². The van der Waals surface area contributed by atoms with Crippen LogP contribution in [0.25, 0.3) is 0 Å². The number of hydrogen-bond acceptors (Lipinski definition) is 3. The normalized spacial score (nSPS) is 10.1. The second-order valence-electron chi connectivity index (χ2n) is 3.49. The van der Waals surface area contributed by atoms with Gasteiger partial charge in [-0.25, -0.2) is 4.39 Å². The molecule has 0 atom stereocenters. The van der Waals surface area contributed by atoms with Crippen LogP contribution in [-0.4, -0.2) is 0 Å². The molecule has 0 aliphatic heterocycles. The molecule has 0 saturated heterocycles. The minimum Gasteiger partial charge on any atom is -0.399 e. The van der Waals surface area contributed by atoms with E-state index in [4.69, 9.17) is 11.5 Å². The summed E-state index contributed by atoms with van der Waals surface area (Å²) >= 11 is 0. The molecule has 0 unspecified atom stereocenters. The van der Waals surface area contributed by atoms with E-state index >= 15 is 0 Å². The van der Waals surface area contributed by atoms with Gasteiger partial charge in [0.1, 0.15) is 5.82 Å². The highest BCUT2D eigenvalue weighted by molar-refractivity contribution is 5.64. The number of halogens is 1. The average molecular weight is 217 g/mol. The Hall–Kier alpha value is -2.23. The standard InChI is InChI=1S/C12H12FN3/c13-11-7-9(15)3-6-12(11)16-10-4-1-8(14)2-5-10/h1-7,16H,14-15H2. The maximum atomic E-state index is 13.4. The minimum atomic E-state index is -0.378. The summed E-state index contributed by atoms with van der Waals surface area (Å²) in [7, 11) is 0. The third-order valence-corrected chi connectivity index (χ3v) is 2.18. The topological polar surface area (TPSA) is 64.1 Å². The zero-order valence-electron chi connectivity index (χ0n) is 8.57. The summed E-state index contributed by atoms with van der Waals surface area (Å²) < 4.78 is 13.4. The lowest BCUT2D eigenvalue weighted by atomic mass is 10.2. The lowest BCUT2D eigenvalue weighted by Crippen LogP contribution is -1.95. The molecule has 3 nitrogen and oxygen atoms in total. The van der Waals surface area contributed by atoms with E-state index in [1.807, 2.05) is 0 Å². The van der Waals surface area contributed by atoms with Gasteiger partial charge in [-0.2, -0.15) is 0 Å². The molecule has 82 valence electrons. The molecular formula is C12H12FN3. The van der Waals surface area contributed by atoms with Crippen molar-refractivity contribution in [1.29, 1.82) is 0 Å². The number of hydrogen-bond donors (Lipinski definition) is 3. The molecule has 2 rings (SSSR count). The summed E-state index contributed by atoms with van der Waals surface area (Å²) in [6, 6.07) is 11.6. The van der Waals surface area contributed by atoms with Crippen molar-refractivity contribution in [2.45, 2.75) is 0 Å². The fourth-order valence-corrected chi connectivity index (χ4v) is 1.35. The van der Waals surface area contributed by atoms with Crippen molar-refractivity contribution >= 4 is 22.7 Å². The second kappa shape index (κ2) is 4.10. The summed E-state index contributed by atoms with van der Waals surface area (Å²) in [5.74, 6) is -0.378. The smallest absolute Gasteiger partial charge is 0.148 e. The second-order valence-corrected chi connectivity index (χ2v) is 3.49. The molecule has 5 N–H and O–H groups in total. The van der Waals surface area contributed by atoms with Crippen LogP contribution in [0.2, 0.25) is 0 Å². The molecule has 0 radical (unpaired) electrons. The van der Waals surface area contributed by atoms with Crippen LogP contribution < -0.4 is 16.8 Å². The lowest BCUT2D eigenvalue weighted by molar-refractivity contribution is 0.632. The third-order valence-electron chi connectivity index (χ3n) is 2.18. The molecule has 0 aliphatic carbocycles. The van der Waals surface area contributed by atoms with Crippen molar-refractivity contribution in [2.24, 2.45) is 0 Å². The average Bonchev–Trinajstić information content (AvgIpc) is 2.25. The van der Waals surface area contributed by atoms with Gasteiger partial charge in [0.05, 0.1) is 5.69 Å². The first kappa shape index (κ1) is 10.3. The maximum Gasteiger partial charge on any atom is 0.148 e. The summed E-state index contributed by atoms with van der Waals surface area (Å²) in [5, 5.41) is 2.94. The molecule has 0 amide bonds. The minimum absolute atomic E-state index is 0.378. The molecule has 0 aromatic heterocycles. The van der Waals surface area contributed by atoms with E-state index in [0.29, 0.717) is 17.1 Å². The molecule has 0 aliphatic rings. The number of nitrogens with two attached hydrogens (primary N) is 2. The van der Waals surface area contributed by atoms with E-state index in [2.05, 4.69) is 5.32 Å². The number of nitrogen functional groups attached to an aromatic ring is 2. The van der Waals surface area contributed by atoms with Crippen LogP contribution >= 0.6 is 0 Å². The summed E-state index contributed by atoms with van der Waals surface area (Å²) in [5.41, 5.74) is 13.2. The van der Waals surface area contributed by atoms with E-state index in [0.717, 1.165) is 5.69 Å². The van der Waals surface area contributed by atoms with E-state index < -0.39 is 0 Å². The molecular weight excluding hydrogens is 205 g/mol. The Kier molecular flexibility index (Phi) is 2.64. The van der Waals surface area contributed by atoms with Gasteiger partial charge in [-0.3, -0.25) is 0 Å². The Bertz CT molecular complexity index is 494. The Labute approximate surface area is 92.9 Å². The van der Waals surface area contributed by atoms with Crippen molar-refractivity contribution in [2.75, 3.05) is 16.8 Å². The Morgan fingerprint density at radius 3 is 2.12 bits per heavy atom. The molecule has 16 heavy (non-hydrogen) atoms. The van der Waals surface area contributed by atoms with Crippen LogP contribution in [0.1, 0.15) is 0 Å². The van der Waals surface area contributed by atoms with Crippen LogP contribution in [0.3, 0.4) is 0 Å².